The van der Waals surface area contributed by atoms with Gasteiger partial charge in [0.2, 0.25) is 0 Å². The number of nitrogens with zero attached hydrogens (tertiary/aromatic N) is 3. The number of aryl methyl sites for hydroxylation is 1. The number of amides is 2. The van der Waals surface area contributed by atoms with E-state index < -0.39 is 0 Å². The fraction of sp³-hybridized carbons (Fsp3) is 0.115. The van der Waals surface area contributed by atoms with Crippen LogP contribution in [0.2, 0.25) is 10.0 Å². The number of hydrogen-bond donors (Lipinski definition) is 1. The quantitative estimate of drug-likeness (QED) is 0.289. The van der Waals surface area contributed by atoms with Crippen LogP contribution in [0.3, 0.4) is 0 Å². The van der Waals surface area contributed by atoms with Gasteiger partial charge < -0.3 is 4.57 Å². The van der Waals surface area contributed by atoms with E-state index in [9.17, 15) is 9.59 Å². The summed E-state index contributed by atoms with van der Waals surface area (Å²) in [4.78, 5) is 27.0. The Morgan fingerprint density at radius 3 is 2.53 bits per heavy atom. The zero-order chi connectivity index (χ0) is 24.0. The van der Waals surface area contributed by atoms with Gasteiger partial charge in [0.1, 0.15) is 6.54 Å². The molecule has 1 aliphatic heterocycles. The summed E-state index contributed by atoms with van der Waals surface area (Å²) in [7, 11) is 0. The lowest BCUT2D eigenvalue weighted by atomic mass is 10.1. The maximum atomic E-state index is 12.9. The molecule has 0 saturated heterocycles. The van der Waals surface area contributed by atoms with Crippen LogP contribution in [0.25, 0.3) is 16.5 Å². The third-order valence-corrected chi connectivity index (χ3v) is 6.79. The number of benzene rings is 3. The topological polar surface area (TPSA) is 66.7 Å². The van der Waals surface area contributed by atoms with E-state index in [2.05, 4.69) is 10.5 Å². The van der Waals surface area contributed by atoms with E-state index in [1.54, 1.807) is 18.3 Å². The summed E-state index contributed by atoms with van der Waals surface area (Å²) in [5.41, 5.74) is 7.32. The number of aromatic nitrogens is 1. The Morgan fingerprint density at radius 1 is 1.03 bits per heavy atom. The highest BCUT2D eigenvalue weighted by Gasteiger charge is 2.30. The second-order valence-electron chi connectivity index (χ2n) is 8.10. The van der Waals surface area contributed by atoms with Crippen molar-refractivity contribution in [1.29, 1.82) is 0 Å². The van der Waals surface area contributed by atoms with Crippen LogP contribution < -0.4 is 10.3 Å². The number of carbonyl (C=O) groups is 2. The molecule has 34 heavy (non-hydrogen) atoms. The third kappa shape index (κ3) is 3.65. The second kappa shape index (κ2) is 8.63. The van der Waals surface area contributed by atoms with Gasteiger partial charge in [0.15, 0.2) is 0 Å². The van der Waals surface area contributed by atoms with Crippen LogP contribution >= 0.6 is 23.2 Å². The van der Waals surface area contributed by atoms with Crippen LogP contribution in [-0.4, -0.2) is 29.1 Å². The van der Waals surface area contributed by atoms with Crippen LogP contribution in [0.1, 0.15) is 27.3 Å². The molecule has 0 fully saturated rings. The summed E-state index contributed by atoms with van der Waals surface area (Å²) in [6, 6.07) is 18.7. The first kappa shape index (κ1) is 22.2. The largest absolute Gasteiger partial charge is 0.316 e. The number of hydrazone groups is 1. The van der Waals surface area contributed by atoms with Crippen molar-refractivity contribution in [3.63, 3.8) is 0 Å². The van der Waals surface area contributed by atoms with Crippen molar-refractivity contribution >= 4 is 57.7 Å². The maximum Gasteiger partial charge on any atom is 0.260 e. The van der Waals surface area contributed by atoms with Crippen molar-refractivity contribution in [3.8, 4) is 5.69 Å². The van der Waals surface area contributed by atoms with Gasteiger partial charge in [-0.3, -0.25) is 14.5 Å². The van der Waals surface area contributed by atoms with Crippen LogP contribution in [0.15, 0.2) is 65.8 Å². The fourth-order valence-corrected chi connectivity index (χ4v) is 4.82. The standard InChI is InChI=1S/C26H20Cl2N4O2/c1-15-12-18(16(2)32(15)22-11-5-9-20(27)25(22)28)13-29-30-23(33)14-31-21-10-4-7-17-6-3-8-19(24(17)21)26(31)34/h3-13H,14H2,1-2H3,(H,30,33)/b29-13-. The number of carbonyl (C=O) groups excluding carboxylic acids is 2. The van der Waals surface area contributed by atoms with Gasteiger partial charge in [0.25, 0.3) is 11.8 Å². The first-order valence-corrected chi connectivity index (χ1v) is 11.4. The third-order valence-electron chi connectivity index (χ3n) is 5.99. The van der Waals surface area contributed by atoms with Crippen LogP contribution in [-0.2, 0) is 4.79 Å². The predicted molar refractivity (Wildman–Crippen MR) is 137 cm³/mol. The normalized spacial score (nSPS) is 12.8. The molecule has 3 aromatic carbocycles. The molecule has 2 heterocycles. The highest BCUT2D eigenvalue weighted by molar-refractivity contribution is 6.43. The minimum atomic E-state index is -0.388. The first-order valence-electron chi connectivity index (χ1n) is 10.7. The molecule has 0 spiro atoms. The maximum absolute atomic E-state index is 12.9. The predicted octanol–water partition coefficient (Wildman–Crippen LogP) is 5.66. The van der Waals surface area contributed by atoms with Crippen molar-refractivity contribution in [2.45, 2.75) is 13.8 Å². The minimum absolute atomic E-state index is 0.124. The van der Waals surface area contributed by atoms with Crippen molar-refractivity contribution in [2.75, 3.05) is 11.4 Å². The van der Waals surface area contributed by atoms with Crippen molar-refractivity contribution in [2.24, 2.45) is 5.10 Å². The number of halogens is 2. The molecule has 0 radical (unpaired) electrons. The van der Waals surface area contributed by atoms with Crippen LogP contribution in [0.4, 0.5) is 5.69 Å². The summed E-state index contributed by atoms with van der Waals surface area (Å²) in [5.74, 6) is -0.575. The average molecular weight is 491 g/mol. The van der Waals surface area contributed by atoms with Crippen LogP contribution in [0.5, 0.6) is 0 Å². The van der Waals surface area contributed by atoms with Gasteiger partial charge >= 0.3 is 0 Å². The van der Waals surface area contributed by atoms with Gasteiger partial charge in [-0.1, -0.05) is 53.5 Å². The number of nitrogens with one attached hydrogen (secondary N) is 1. The number of anilines is 1. The molecule has 0 unspecified atom stereocenters. The van der Waals surface area contributed by atoms with E-state index in [0.717, 1.165) is 39.1 Å². The average Bonchev–Trinajstić information content (AvgIpc) is 3.25. The van der Waals surface area contributed by atoms with Crippen molar-refractivity contribution in [3.05, 3.63) is 93.2 Å². The highest BCUT2D eigenvalue weighted by atomic mass is 35.5. The van der Waals surface area contributed by atoms with E-state index in [1.165, 1.54) is 4.90 Å². The molecule has 2 amide bonds. The fourth-order valence-electron chi connectivity index (χ4n) is 4.44. The van der Waals surface area contributed by atoms with Gasteiger partial charge in [-0.25, -0.2) is 5.43 Å². The van der Waals surface area contributed by atoms with E-state index in [-0.39, 0.29) is 18.4 Å². The van der Waals surface area contributed by atoms with Gasteiger partial charge in [-0.2, -0.15) is 5.10 Å². The van der Waals surface area contributed by atoms with E-state index >= 15 is 0 Å². The Kier molecular flexibility index (Phi) is 5.63. The molecular weight excluding hydrogens is 471 g/mol. The molecule has 6 nitrogen and oxygen atoms in total. The molecule has 0 saturated carbocycles. The Balaban J connectivity index is 1.32. The molecule has 4 aromatic rings. The molecule has 0 aliphatic carbocycles. The summed E-state index contributed by atoms with van der Waals surface area (Å²) >= 11 is 12.6. The van der Waals surface area contributed by atoms with Crippen molar-refractivity contribution < 1.29 is 9.59 Å². The van der Waals surface area contributed by atoms with E-state index in [1.807, 2.05) is 66.9 Å². The monoisotopic (exact) mass is 490 g/mol. The molecule has 1 aliphatic rings. The summed E-state index contributed by atoms with van der Waals surface area (Å²) in [5, 5.41) is 6.91. The second-order valence-corrected chi connectivity index (χ2v) is 8.89. The molecule has 1 N–H and O–H groups in total. The molecule has 1 aromatic heterocycles. The van der Waals surface area contributed by atoms with E-state index in [4.69, 9.17) is 23.2 Å². The number of hydrogen-bond acceptors (Lipinski definition) is 3. The zero-order valence-corrected chi connectivity index (χ0v) is 20.0. The summed E-state index contributed by atoms with van der Waals surface area (Å²) in [6.45, 7) is 3.77. The van der Waals surface area contributed by atoms with Crippen LogP contribution in [0, 0.1) is 13.8 Å². The zero-order valence-electron chi connectivity index (χ0n) is 18.5. The minimum Gasteiger partial charge on any atom is -0.316 e. The molecular formula is C26H20Cl2N4O2. The lowest BCUT2D eigenvalue weighted by molar-refractivity contribution is -0.119. The van der Waals surface area contributed by atoms with Gasteiger partial charge in [0, 0.05) is 27.9 Å². The Morgan fingerprint density at radius 2 is 1.74 bits per heavy atom. The smallest absolute Gasteiger partial charge is 0.260 e. The first-order chi connectivity index (χ1) is 16.4. The summed E-state index contributed by atoms with van der Waals surface area (Å²) in [6.07, 6.45) is 1.58. The molecule has 170 valence electrons. The lowest BCUT2D eigenvalue weighted by Crippen LogP contribution is -2.37. The SMILES string of the molecule is Cc1cc(/C=N\NC(=O)CN2C(=O)c3cccc4cccc2c34)c(C)n1-c1cccc(Cl)c1Cl. The lowest BCUT2D eigenvalue weighted by Gasteiger charge is -2.16. The molecule has 0 atom stereocenters. The van der Waals surface area contributed by atoms with Gasteiger partial charge in [-0.05, 0) is 49.6 Å². The molecule has 0 bridgehead atoms. The Hall–Kier alpha value is -3.61. The number of rotatable bonds is 5. The Labute approximate surface area is 206 Å². The highest BCUT2D eigenvalue weighted by Crippen LogP contribution is 2.37. The molecule has 8 heteroatoms. The van der Waals surface area contributed by atoms with Crippen molar-refractivity contribution in [1.82, 2.24) is 9.99 Å². The van der Waals surface area contributed by atoms with Gasteiger partial charge in [-0.15, -0.1) is 0 Å². The van der Waals surface area contributed by atoms with Gasteiger partial charge in [0.05, 0.1) is 27.6 Å². The summed E-state index contributed by atoms with van der Waals surface area (Å²) < 4.78 is 1.98. The molecule has 5 rings (SSSR count). The van der Waals surface area contributed by atoms with E-state index in [0.29, 0.717) is 15.6 Å². The Bertz CT molecular complexity index is 1500.